The molecule has 0 unspecified atom stereocenters. The Kier molecular flexibility index (Phi) is 5.13. The van der Waals surface area contributed by atoms with Crippen LogP contribution >= 0.6 is 11.8 Å². The summed E-state index contributed by atoms with van der Waals surface area (Å²) in [4.78, 5) is 12.0. The number of halogens is 3. The Morgan fingerprint density at radius 2 is 1.82 bits per heavy atom. The molecular weight excluding hydrogens is 311 g/mol. The number of carbonyl (C=O) groups excluding carboxylic acids is 1. The number of thioether (sulfide) groups is 1. The van der Waals surface area contributed by atoms with Gasteiger partial charge < -0.3 is 5.32 Å². The van der Waals surface area contributed by atoms with Gasteiger partial charge in [-0.2, -0.15) is 24.9 Å². The van der Waals surface area contributed by atoms with Crippen molar-refractivity contribution in [1.82, 2.24) is 0 Å². The van der Waals surface area contributed by atoms with Crippen LogP contribution in [-0.2, 0) is 11.9 Å². The van der Waals surface area contributed by atoms with Gasteiger partial charge in [0.1, 0.15) is 0 Å². The van der Waals surface area contributed by atoms with Crippen LogP contribution in [0.4, 0.5) is 18.9 Å². The average Bonchev–Trinajstić information content (AvgIpc) is 2.48. The topological polar surface area (TPSA) is 29.1 Å². The van der Waals surface area contributed by atoms with Crippen LogP contribution in [0.3, 0.4) is 0 Å². The number of hydrogen-bond acceptors (Lipinski definition) is 2. The number of anilines is 1. The first-order valence-corrected chi connectivity index (χ1v) is 7.86. The van der Waals surface area contributed by atoms with Crippen LogP contribution in [0.15, 0.2) is 48.5 Å². The Morgan fingerprint density at radius 3 is 2.41 bits per heavy atom. The Bertz CT molecular complexity index is 653. The van der Waals surface area contributed by atoms with Crippen molar-refractivity contribution in [3.05, 3.63) is 65.2 Å². The highest BCUT2D eigenvalue weighted by molar-refractivity contribution is 7.97. The first kappa shape index (κ1) is 16.4. The van der Waals surface area contributed by atoms with Crippen LogP contribution in [0, 0.1) is 0 Å². The van der Waals surface area contributed by atoms with Crippen molar-refractivity contribution in [1.29, 1.82) is 0 Å². The van der Waals surface area contributed by atoms with Gasteiger partial charge in [0, 0.05) is 17.0 Å². The normalized spacial score (nSPS) is 11.3. The van der Waals surface area contributed by atoms with E-state index in [9.17, 15) is 18.0 Å². The largest absolute Gasteiger partial charge is 0.416 e. The monoisotopic (exact) mass is 325 g/mol. The summed E-state index contributed by atoms with van der Waals surface area (Å²) < 4.78 is 37.9. The molecule has 0 saturated carbocycles. The van der Waals surface area contributed by atoms with Crippen molar-refractivity contribution < 1.29 is 18.0 Å². The molecule has 116 valence electrons. The van der Waals surface area contributed by atoms with Crippen LogP contribution in [0.2, 0.25) is 0 Å². The van der Waals surface area contributed by atoms with Gasteiger partial charge in [0.05, 0.1) is 5.56 Å². The van der Waals surface area contributed by atoms with Gasteiger partial charge in [-0.25, -0.2) is 0 Å². The zero-order chi connectivity index (χ0) is 16.2. The second-order valence-corrected chi connectivity index (χ2v) is 5.53. The fourth-order valence-electron chi connectivity index (χ4n) is 1.90. The van der Waals surface area contributed by atoms with Gasteiger partial charge in [-0.05, 0) is 42.2 Å². The van der Waals surface area contributed by atoms with Gasteiger partial charge in [-0.1, -0.05) is 18.2 Å². The SMILES string of the molecule is CSCc1ccc(C(=O)Nc2cccc(C(F)(F)F)c2)cc1. The quantitative estimate of drug-likeness (QED) is 0.873. The van der Waals surface area contributed by atoms with Gasteiger partial charge in [-0.15, -0.1) is 0 Å². The summed E-state index contributed by atoms with van der Waals surface area (Å²) in [7, 11) is 0. The standard InChI is InChI=1S/C16H14F3NOS/c1-22-10-11-5-7-12(8-6-11)15(21)20-14-4-2-3-13(9-14)16(17,18)19/h2-9H,10H2,1H3,(H,20,21). The molecule has 0 saturated heterocycles. The lowest BCUT2D eigenvalue weighted by Crippen LogP contribution is -2.13. The van der Waals surface area contributed by atoms with Crippen molar-refractivity contribution in [2.24, 2.45) is 0 Å². The first-order chi connectivity index (χ1) is 10.4. The summed E-state index contributed by atoms with van der Waals surface area (Å²) in [5.74, 6) is 0.408. The summed E-state index contributed by atoms with van der Waals surface area (Å²) in [6.45, 7) is 0. The molecule has 0 bridgehead atoms. The van der Waals surface area contributed by atoms with Crippen LogP contribution < -0.4 is 5.32 Å². The molecule has 22 heavy (non-hydrogen) atoms. The minimum atomic E-state index is -4.43. The fourth-order valence-corrected chi connectivity index (χ4v) is 2.42. The maximum Gasteiger partial charge on any atom is 0.416 e. The molecule has 0 aliphatic heterocycles. The minimum absolute atomic E-state index is 0.119. The Labute approximate surface area is 130 Å². The van der Waals surface area contributed by atoms with Crippen LogP contribution in [0.1, 0.15) is 21.5 Å². The van der Waals surface area contributed by atoms with Crippen molar-refractivity contribution >= 4 is 23.4 Å². The van der Waals surface area contributed by atoms with Crippen LogP contribution in [0.25, 0.3) is 0 Å². The van der Waals surface area contributed by atoms with E-state index in [-0.39, 0.29) is 5.69 Å². The number of amides is 1. The molecule has 2 aromatic carbocycles. The molecular formula is C16H14F3NOS. The molecule has 1 N–H and O–H groups in total. The van der Waals surface area contributed by atoms with E-state index in [2.05, 4.69) is 5.32 Å². The maximum atomic E-state index is 12.6. The Balaban J connectivity index is 2.11. The summed E-state index contributed by atoms with van der Waals surface area (Å²) >= 11 is 1.67. The van der Waals surface area contributed by atoms with E-state index in [1.54, 1.807) is 23.9 Å². The van der Waals surface area contributed by atoms with E-state index in [0.29, 0.717) is 5.56 Å². The van der Waals surface area contributed by atoms with E-state index in [4.69, 9.17) is 0 Å². The third-order valence-electron chi connectivity index (χ3n) is 2.97. The number of alkyl halides is 3. The molecule has 2 aromatic rings. The van der Waals surface area contributed by atoms with E-state index >= 15 is 0 Å². The smallest absolute Gasteiger partial charge is 0.322 e. The lowest BCUT2D eigenvalue weighted by atomic mass is 10.1. The van der Waals surface area contributed by atoms with E-state index in [1.807, 2.05) is 18.4 Å². The maximum absolute atomic E-state index is 12.6. The fraction of sp³-hybridized carbons (Fsp3) is 0.188. The third-order valence-corrected chi connectivity index (χ3v) is 3.60. The molecule has 0 aliphatic rings. The van der Waals surface area contributed by atoms with E-state index in [1.165, 1.54) is 12.1 Å². The zero-order valence-electron chi connectivity index (χ0n) is 11.8. The van der Waals surface area contributed by atoms with E-state index < -0.39 is 17.6 Å². The number of nitrogens with one attached hydrogen (secondary N) is 1. The second-order valence-electron chi connectivity index (χ2n) is 4.66. The molecule has 1 amide bonds. The van der Waals surface area contributed by atoms with Crippen LogP contribution in [0.5, 0.6) is 0 Å². The van der Waals surface area contributed by atoms with Crippen molar-refractivity contribution in [3.8, 4) is 0 Å². The van der Waals surface area contributed by atoms with E-state index in [0.717, 1.165) is 23.4 Å². The highest BCUT2D eigenvalue weighted by Crippen LogP contribution is 2.30. The predicted octanol–water partition coefficient (Wildman–Crippen LogP) is 4.82. The number of benzene rings is 2. The van der Waals surface area contributed by atoms with Crippen molar-refractivity contribution in [3.63, 3.8) is 0 Å². The molecule has 0 aromatic heterocycles. The molecule has 0 heterocycles. The number of carbonyl (C=O) groups is 1. The first-order valence-electron chi connectivity index (χ1n) is 6.46. The third kappa shape index (κ3) is 4.27. The van der Waals surface area contributed by atoms with Crippen molar-refractivity contribution in [2.75, 3.05) is 11.6 Å². The molecule has 0 atom stereocenters. The molecule has 0 radical (unpaired) electrons. The molecule has 2 nitrogen and oxygen atoms in total. The highest BCUT2D eigenvalue weighted by atomic mass is 32.2. The highest BCUT2D eigenvalue weighted by Gasteiger charge is 2.30. The van der Waals surface area contributed by atoms with Gasteiger partial charge in [0.2, 0.25) is 0 Å². The van der Waals surface area contributed by atoms with Crippen LogP contribution in [-0.4, -0.2) is 12.2 Å². The van der Waals surface area contributed by atoms with Gasteiger partial charge in [-0.3, -0.25) is 4.79 Å². The molecule has 6 heteroatoms. The second kappa shape index (κ2) is 6.87. The summed E-state index contributed by atoms with van der Waals surface area (Å²) in [5.41, 5.74) is 0.819. The Hall–Kier alpha value is -1.95. The molecule has 0 aliphatic carbocycles. The number of hydrogen-bond donors (Lipinski definition) is 1. The molecule has 0 spiro atoms. The van der Waals surface area contributed by atoms with Crippen molar-refractivity contribution in [2.45, 2.75) is 11.9 Å². The lowest BCUT2D eigenvalue weighted by Gasteiger charge is -2.10. The number of rotatable bonds is 4. The lowest BCUT2D eigenvalue weighted by molar-refractivity contribution is -0.137. The van der Waals surface area contributed by atoms with Gasteiger partial charge in [0.15, 0.2) is 0 Å². The zero-order valence-corrected chi connectivity index (χ0v) is 12.6. The summed E-state index contributed by atoms with van der Waals surface area (Å²) in [6, 6.07) is 11.6. The average molecular weight is 325 g/mol. The minimum Gasteiger partial charge on any atom is -0.322 e. The predicted molar refractivity (Wildman–Crippen MR) is 83.1 cm³/mol. The molecule has 0 fully saturated rings. The summed E-state index contributed by atoms with van der Waals surface area (Å²) in [6.07, 6.45) is -2.45. The van der Waals surface area contributed by atoms with Gasteiger partial charge in [0.25, 0.3) is 5.91 Å². The summed E-state index contributed by atoms with van der Waals surface area (Å²) in [5, 5.41) is 2.48. The molecule has 2 rings (SSSR count). The van der Waals surface area contributed by atoms with Gasteiger partial charge >= 0.3 is 6.18 Å². The Morgan fingerprint density at radius 1 is 1.14 bits per heavy atom.